The van der Waals surface area contributed by atoms with Crippen LogP contribution in [0.2, 0.25) is 0 Å². The first-order valence-electron chi connectivity index (χ1n) is 7.18. The standard InChI is InChI=1S/C16H20F2S2/c1-11-7-15(17,19-9-11)13-4-3-5-14(6-13)16(18)8-12(2)10-20-16/h3-6,11-12H,7-10H2,1-2H3. The summed E-state index contributed by atoms with van der Waals surface area (Å²) in [6, 6.07) is 7.18. The van der Waals surface area contributed by atoms with Crippen molar-refractivity contribution in [1.29, 1.82) is 0 Å². The highest BCUT2D eigenvalue weighted by Gasteiger charge is 2.43. The van der Waals surface area contributed by atoms with Crippen molar-refractivity contribution >= 4 is 23.5 Å². The zero-order valence-corrected chi connectivity index (χ0v) is 13.5. The lowest BCUT2D eigenvalue weighted by Crippen LogP contribution is -2.16. The third-order valence-corrected chi connectivity index (χ3v) is 7.33. The maximum Gasteiger partial charge on any atom is 0.181 e. The number of rotatable bonds is 2. The number of halogens is 2. The Bertz CT molecular complexity index is 466. The molecule has 0 nitrogen and oxygen atoms in total. The molecule has 0 radical (unpaired) electrons. The summed E-state index contributed by atoms with van der Waals surface area (Å²) in [6.07, 6.45) is 1.06. The average molecular weight is 314 g/mol. The molecule has 0 N–H and O–H groups in total. The Morgan fingerprint density at radius 3 is 1.75 bits per heavy atom. The minimum absolute atomic E-state index is 0.383. The molecule has 2 aliphatic heterocycles. The molecule has 1 aromatic carbocycles. The van der Waals surface area contributed by atoms with Crippen molar-refractivity contribution in [2.75, 3.05) is 11.5 Å². The summed E-state index contributed by atoms with van der Waals surface area (Å²) >= 11 is 2.72. The normalized spacial score (nSPS) is 41.2. The molecule has 2 heterocycles. The number of benzene rings is 1. The Balaban J connectivity index is 1.90. The van der Waals surface area contributed by atoms with Crippen LogP contribution in [0.15, 0.2) is 24.3 Å². The smallest absolute Gasteiger partial charge is 0.181 e. The average Bonchev–Trinajstić information content (AvgIpc) is 2.95. The molecule has 2 aliphatic rings. The first-order chi connectivity index (χ1) is 9.41. The van der Waals surface area contributed by atoms with Gasteiger partial charge >= 0.3 is 0 Å². The molecule has 3 rings (SSSR count). The summed E-state index contributed by atoms with van der Waals surface area (Å²) < 4.78 is 30.0. The highest BCUT2D eigenvalue weighted by molar-refractivity contribution is 8.00. The molecule has 4 atom stereocenters. The third kappa shape index (κ3) is 2.61. The van der Waals surface area contributed by atoms with Gasteiger partial charge in [0.05, 0.1) is 0 Å². The topological polar surface area (TPSA) is 0 Å². The lowest BCUT2D eigenvalue weighted by Gasteiger charge is -2.24. The molecule has 0 aromatic heterocycles. The largest absolute Gasteiger partial charge is 0.227 e. The van der Waals surface area contributed by atoms with Gasteiger partial charge in [-0.25, -0.2) is 8.78 Å². The minimum atomic E-state index is -1.33. The fourth-order valence-corrected chi connectivity index (χ4v) is 5.79. The van der Waals surface area contributed by atoms with E-state index in [4.69, 9.17) is 0 Å². The molecule has 0 bridgehead atoms. The summed E-state index contributed by atoms with van der Waals surface area (Å²) in [5, 5.41) is -2.67. The van der Waals surface area contributed by atoms with Crippen molar-refractivity contribution < 1.29 is 8.78 Å². The van der Waals surface area contributed by atoms with E-state index in [0.29, 0.717) is 35.8 Å². The van der Waals surface area contributed by atoms with Crippen molar-refractivity contribution in [3.05, 3.63) is 35.4 Å². The highest BCUT2D eigenvalue weighted by Crippen LogP contribution is 2.53. The molecule has 0 saturated carbocycles. The van der Waals surface area contributed by atoms with Gasteiger partial charge in [0.15, 0.2) is 10.0 Å². The third-order valence-electron chi connectivity index (χ3n) is 4.14. The van der Waals surface area contributed by atoms with Crippen LogP contribution in [0.4, 0.5) is 8.78 Å². The van der Waals surface area contributed by atoms with Gasteiger partial charge in [-0.1, -0.05) is 32.0 Å². The summed E-state index contributed by atoms with van der Waals surface area (Å²) in [5.74, 6) is 2.45. The van der Waals surface area contributed by atoms with E-state index in [1.165, 1.54) is 23.5 Å². The summed E-state index contributed by atoms with van der Waals surface area (Å²) in [5.41, 5.74) is 1.28. The van der Waals surface area contributed by atoms with Crippen LogP contribution in [0, 0.1) is 11.8 Å². The molecule has 20 heavy (non-hydrogen) atoms. The van der Waals surface area contributed by atoms with Crippen LogP contribution in [-0.2, 0) is 10.0 Å². The fourth-order valence-electron chi connectivity index (χ4n) is 3.07. The van der Waals surface area contributed by atoms with Gasteiger partial charge in [-0.15, -0.1) is 23.5 Å². The van der Waals surface area contributed by atoms with E-state index in [2.05, 4.69) is 13.8 Å². The molecule has 110 valence electrons. The number of thioether (sulfide) groups is 2. The van der Waals surface area contributed by atoms with E-state index in [1.54, 1.807) is 24.3 Å². The minimum Gasteiger partial charge on any atom is -0.227 e. The zero-order chi connectivity index (χ0) is 14.4. The van der Waals surface area contributed by atoms with Gasteiger partial charge in [0, 0.05) is 0 Å². The van der Waals surface area contributed by atoms with Gasteiger partial charge in [-0.05, 0) is 53.4 Å². The molecule has 2 fully saturated rings. The molecule has 4 heteroatoms. The Hall–Kier alpha value is -0.220. The zero-order valence-electron chi connectivity index (χ0n) is 11.9. The van der Waals surface area contributed by atoms with Gasteiger partial charge in [0.25, 0.3) is 0 Å². The molecular weight excluding hydrogens is 294 g/mol. The predicted molar refractivity (Wildman–Crippen MR) is 84.5 cm³/mol. The first kappa shape index (κ1) is 14.7. The SMILES string of the molecule is CC1CSC(F)(c2cccc(C3(F)CC(C)CS3)c2)C1. The number of hydrogen-bond donors (Lipinski definition) is 0. The Morgan fingerprint density at radius 1 is 0.950 bits per heavy atom. The summed E-state index contributed by atoms with van der Waals surface area (Å²) in [4.78, 5) is 0. The Morgan fingerprint density at radius 2 is 1.40 bits per heavy atom. The van der Waals surface area contributed by atoms with Crippen LogP contribution >= 0.6 is 23.5 Å². The maximum atomic E-state index is 15.0. The van der Waals surface area contributed by atoms with Crippen molar-refractivity contribution in [1.82, 2.24) is 0 Å². The van der Waals surface area contributed by atoms with Crippen molar-refractivity contribution in [2.24, 2.45) is 11.8 Å². The van der Waals surface area contributed by atoms with Gasteiger partial charge in [0.2, 0.25) is 0 Å². The molecular formula is C16H20F2S2. The van der Waals surface area contributed by atoms with Gasteiger partial charge in [-0.2, -0.15) is 0 Å². The van der Waals surface area contributed by atoms with Crippen LogP contribution in [0.1, 0.15) is 37.8 Å². The van der Waals surface area contributed by atoms with E-state index in [1.807, 2.05) is 0 Å². The first-order valence-corrected chi connectivity index (χ1v) is 9.15. The monoisotopic (exact) mass is 314 g/mol. The van der Waals surface area contributed by atoms with Gasteiger partial charge < -0.3 is 0 Å². The van der Waals surface area contributed by atoms with Crippen LogP contribution in [0.3, 0.4) is 0 Å². The van der Waals surface area contributed by atoms with Crippen LogP contribution in [0.25, 0.3) is 0 Å². The summed E-state index contributed by atoms with van der Waals surface area (Å²) in [6.45, 7) is 4.15. The van der Waals surface area contributed by atoms with E-state index in [-0.39, 0.29) is 0 Å². The second kappa shape index (κ2) is 5.20. The second-order valence-corrected chi connectivity index (χ2v) is 8.82. The van der Waals surface area contributed by atoms with Crippen LogP contribution < -0.4 is 0 Å². The van der Waals surface area contributed by atoms with Crippen molar-refractivity contribution in [3.8, 4) is 0 Å². The molecule has 4 unspecified atom stereocenters. The Kier molecular flexibility index (Phi) is 3.83. The maximum absolute atomic E-state index is 15.0. The van der Waals surface area contributed by atoms with Gasteiger partial charge in [0.1, 0.15) is 0 Å². The Labute approximate surface area is 128 Å². The van der Waals surface area contributed by atoms with E-state index < -0.39 is 10.0 Å². The fraction of sp³-hybridized carbons (Fsp3) is 0.625. The molecule has 0 spiro atoms. The lowest BCUT2D eigenvalue weighted by molar-refractivity contribution is 0.256. The van der Waals surface area contributed by atoms with E-state index in [9.17, 15) is 8.78 Å². The lowest BCUT2D eigenvalue weighted by atomic mass is 9.95. The summed E-state index contributed by atoms with van der Waals surface area (Å²) in [7, 11) is 0. The molecule has 0 aliphatic carbocycles. The quantitative estimate of drug-likeness (QED) is 0.709. The van der Waals surface area contributed by atoms with Crippen molar-refractivity contribution in [2.45, 2.75) is 36.7 Å². The highest BCUT2D eigenvalue weighted by atomic mass is 32.2. The molecule has 1 aromatic rings. The van der Waals surface area contributed by atoms with E-state index in [0.717, 1.165) is 11.5 Å². The van der Waals surface area contributed by atoms with Crippen molar-refractivity contribution in [3.63, 3.8) is 0 Å². The number of alkyl halides is 2. The van der Waals surface area contributed by atoms with E-state index >= 15 is 0 Å². The van der Waals surface area contributed by atoms with Crippen LogP contribution in [0.5, 0.6) is 0 Å². The molecule has 0 amide bonds. The van der Waals surface area contributed by atoms with Gasteiger partial charge in [-0.3, -0.25) is 0 Å². The predicted octanol–water partition coefficient (Wildman–Crippen LogP) is 5.48. The second-order valence-electron chi connectivity index (χ2n) is 6.28. The number of hydrogen-bond acceptors (Lipinski definition) is 2. The van der Waals surface area contributed by atoms with Crippen LogP contribution in [-0.4, -0.2) is 11.5 Å². The molecule has 2 saturated heterocycles.